The molecule has 0 radical (unpaired) electrons. The predicted molar refractivity (Wildman–Crippen MR) is 203 cm³/mol. The number of alkyl halides is 3. The molecule has 3 aromatic rings. The van der Waals surface area contributed by atoms with E-state index in [4.69, 9.17) is 10.00 Å². The molecule has 5 aliphatic heterocycles. The number of nitrogens with one attached hydrogen (secondary N) is 1. The highest BCUT2D eigenvalue weighted by Gasteiger charge is 2.45. The molecular formula is C41H43F3N8O5. The predicted octanol–water partition coefficient (Wildman–Crippen LogP) is 4.46. The van der Waals surface area contributed by atoms with Crippen LogP contribution >= 0.6 is 0 Å². The Labute approximate surface area is 327 Å². The number of benzene rings is 2. The van der Waals surface area contributed by atoms with Crippen LogP contribution in [0.25, 0.3) is 0 Å². The Morgan fingerprint density at radius 3 is 2.05 bits per heavy atom. The van der Waals surface area contributed by atoms with Gasteiger partial charge in [0.15, 0.2) is 5.69 Å². The van der Waals surface area contributed by atoms with Crippen LogP contribution in [0.2, 0.25) is 0 Å². The summed E-state index contributed by atoms with van der Waals surface area (Å²) < 4.78 is 46.5. The highest BCUT2D eigenvalue weighted by Crippen LogP contribution is 2.35. The van der Waals surface area contributed by atoms with Gasteiger partial charge in [-0.25, -0.2) is 4.98 Å². The van der Waals surface area contributed by atoms with Gasteiger partial charge in [-0.15, -0.1) is 0 Å². The molecule has 4 fully saturated rings. The zero-order valence-electron chi connectivity index (χ0n) is 31.3. The van der Waals surface area contributed by atoms with Crippen molar-refractivity contribution in [1.82, 2.24) is 20.1 Å². The summed E-state index contributed by atoms with van der Waals surface area (Å²) in [5, 5.41) is 11.3. The van der Waals surface area contributed by atoms with Gasteiger partial charge in [0.1, 0.15) is 24.0 Å². The summed E-state index contributed by atoms with van der Waals surface area (Å²) in [7, 11) is 0. The topological polar surface area (TPSA) is 142 Å². The van der Waals surface area contributed by atoms with Crippen LogP contribution in [0.1, 0.15) is 70.5 Å². The number of aromatic nitrogens is 1. The molecule has 0 aliphatic carbocycles. The first-order valence-corrected chi connectivity index (χ1v) is 19.5. The number of piperazine rings is 1. The second-order valence-corrected chi connectivity index (χ2v) is 15.4. The van der Waals surface area contributed by atoms with E-state index in [1.165, 1.54) is 12.3 Å². The van der Waals surface area contributed by atoms with E-state index in [1.807, 2.05) is 23.1 Å². The van der Waals surface area contributed by atoms with Gasteiger partial charge in [0.05, 0.1) is 28.6 Å². The molecule has 1 N–H and O–H groups in total. The fraction of sp³-hybridized carbons (Fsp3) is 0.463. The number of halogens is 3. The lowest BCUT2D eigenvalue weighted by Gasteiger charge is -2.40. The molecule has 0 saturated carbocycles. The van der Waals surface area contributed by atoms with Crippen molar-refractivity contribution in [3.63, 3.8) is 0 Å². The number of nitrogens with zero attached hydrogens (tertiary/aromatic N) is 7. The maximum Gasteiger partial charge on any atom is 0.419 e. The van der Waals surface area contributed by atoms with E-state index in [0.29, 0.717) is 43.1 Å². The third-order valence-corrected chi connectivity index (χ3v) is 11.9. The van der Waals surface area contributed by atoms with Crippen molar-refractivity contribution in [2.24, 2.45) is 5.92 Å². The number of nitriles is 1. The highest BCUT2D eigenvalue weighted by molar-refractivity contribution is 6.23. The van der Waals surface area contributed by atoms with Crippen molar-refractivity contribution in [3.8, 4) is 11.8 Å². The number of amides is 4. The number of hydrogen-bond donors (Lipinski definition) is 1. The molecule has 8 rings (SSSR count). The quantitative estimate of drug-likeness (QED) is 0.324. The summed E-state index contributed by atoms with van der Waals surface area (Å²) in [5.74, 6) is -0.690. The van der Waals surface area contributed by atoms with Gasteiger partial charge < -0.3 is 19.4 Å². The van der Waals surface area contributed by atoms with Crippen LogP contribution in [-0.2, 0) is 15.8 Å². The Morgan fingerprint density at radius 1 is 0.754 bits per heavy atom. The number of anilines is 3. The van der Waals surface area contributed by atoms with Crippen LogP contribution in [0.4, 0.5) is 30.2 Å². The van der Waals surface area contributed by atoms with Crippen molar-refractivity contribution in [2.75, 3.05) is 73.6 Å². The van der Waals surface area contributed by atoms with Crippen LogP contribution in [0.15, 0.2) is 54.7 Å². The Hall–Kier alpha value is -5.69. The van der Waals surface area contributed by atoms with Gasteiger partial charge in [-0.05, 0) is 73.7 Å². The third kappa shape index (κ3) is 7.98. The monoisotopic (exact) mass is 784 g/mol. The largest absolute Gasteiger partial charge is 0.490 e. The van der Waals surface area contributed by atoms with Gasteiger partial charge in [-0.3, -0.25) is 34.3 Å². The minimum absolute atomic E-state index is 0.0583. The molecule has 298 valence electrons. The number of rotatable bonds is 8. The SMILES string of the molecule is N#Cc1ncc(N2CCC(Oc3ccc(N4CCN(CC5CCN(c6ccc7c(c6)C(=O)N(C6CCC(=O)NC6=O)C7=O)CC5)CC4)cc3)CC2)cc1C(F)(F)F. The number of hydrogen-bond acceptors (Lipinski definition) is 11. The van der Waals surface area contributed by atoms with Crippen LogP contribution in [0.5, 0.6) is 5.75 Å². The molecule has 1 atom stereocenters. The third-order valence-electron chi connectivity index (χ3n) is 11.9. The fourth-order valence-corrected chi connectivity index (χ4v) is 8.67. The Bertz CT molecular complexity index is 2080. The number of ether oxygens (including phenoxy) is 1. The average Bonchev–Trinajstić information content (AvgIpc) is 3.46. The Morgan fingerprint density at radius 2 is 1.39 bits per heavy atom. The van der Waals surface area contributed by atoms with Crippen LogP contribution < -0.4 is 24.8 Å². The normalized spacial score (nSPS) is 21.5. The number of carbonyl (C=O) groups excluding carboxylic acids is 4. The van der Waals surface area contributed by atoms with Gasteiger partial charge in [0.2, 0.25) is 11.8 Å². The summed E-state index contributed by atoms with van der Waals surface area (Å²) in [5.41, 5.74) is 1.32. The van der Waals surface area contributed by atoms with E-state index >= 15 is 0 Å². The highest BCUT2D eigenvalue weighted by atomic mass is 19.4. The Kier molecular flexibility index (Phi) is 10.5. The first kappa shape index (κ1) is 38.2. The van der Waals surface area contributed by atoms with Gasteiger partial charge in [0, 0.05) is 89.5 Å². The first-order chi connectivity index (χ1) is 27.4. The molecule has 0 bridgehead atoms. The average molecular weight is 785 g/mol. The number of piperidine rings is 3. The number of pyridine rings is 1. The van der Waals surface area contributed by atoms with E-state index in [9.17, 15) is 32.3 Å². The standard InChI is InChI=1S/C41H43F3N8O5/c42-41(43,44)34-22-29(24-46-35(34)23-45)50-15-11-31(12-16-50)57-30-4-1-27(2-5-30)51-19-17-48(18-20-51)25-26-9-13-49(14-10-26)28-3-6-32-33(21-28)40(56)52(39(32)55)36-7-8-37(53)47-38(36)54/h1-6,21-22,24,26,31,36H,7-20,25H2,(H,47,53,54). The maximum absolute atomic E-state index is 13.4. The smallest absolute Gasteiger partial charge is 0.419 e. The van der Waals surface area contributed by atoms with Crippen molar-refractivity contribution < 1.29 is 37.1 Å². The molecule has 16 heteroatoms. The molecule has 5 aliphatic rings. The maximum atomic E-state index is 13.4. The zero-order valence-corrected chi connectivity index (χ0v) is 31.3. The lowest BCUT2D eigenvalue weighted by Crippen LogP contribution is -2.54. The second kappa shape index (κ2) is 15.7. The van der Waals surface area contributed by atoms with Gasteiger partial charge in [0.25, 0.3) is 11.8 Å². The lowest BCUT2D eigenvalue weighted by atomic mass is 9.95. The fourth-order valence-electron chi connectivity index (χ4n) is 8.67. The minimum atomic E-state index is -4.65. The van der Waals surface area contributed by atoms with Gasteiger partial charge >= 0.3 is 6.18 Å². The molecule has 1 aromatic heterocycles. The van der Waals surface area contributed by atoms with Crippen molar-refractivity contribution in [1.29, 1.82) is 5.26 Å². The van der Waals surface area contributed by atoms with Gasteiger partial charge in [-0.2, -0.15) is 18.4 Å². The number of fused-ring (bicyclic) bond motifs is 1. The van der Waals surface area contributed by atoms with Crippen molar-refractivity contribution in [3.05, 3.63) is 77.1 Å². The number of carbonyl (C=O) groups is 4. The van der Waals surface area contributed by atoms with Gasteiger partial charge in [-0.1, -0.05) is 0 Å². The molecule has 2 aromatic carbocycles. The summed E-state index contributed by atoms with van der Waals surface area (Å²) in [6.07, 6.45) is 0.157. The molecule has 57 heavy (non-hydrogen) atoms. The summed E-state index contributed by atoms with van der Waals surface area (Å²) in [4.78, 5) is 64.2. The van der Waals surface area contributed by atoms with Crippen LogP contribution in [0, 0.1) is 17.2 Å². The summed E-state index contributed by atoms with van der Waals surface area (Å²) in [6.45, 7) is 7.49. The minimum Gasteiger partial charge on any atom is -0.490 e. The molecule has 4 amide bonds. The van der Waals surface area contributed by atoms with E-state index in [-0.39, 0.29) is 24.5 Å². The molecule has 4 saturated heterocycles. The van der Waals surface area contributed by atoms with Crippen molar-refractivity contribution in [2.45, 2.75) is 56.8 Å². The van der Waals surface area contributed by atoms with Crippen LogP contribution in [0.3, 0.4) is 0 Å². The van der Waals surface area contributed by atoms with E-state index in [0.717, 1.165) is 86.7 Å². The van der Waals surface area contributed by atoms with Crippen LogP contribution in [-0.4, -0.2) is 109 Å². The van der Waals surface area contributed by atoms with E-state index in [2.05, 4.69) is 37.1 Å². The molecule has 0 spiro atoms. The first-order valence-electron chi connectivity index (χ1n) is 19.5. The molecule has 6 heterocycles. The van der Waals surface area contributed by atoms with E-state index in [1.54, 1.807) is 12.1 Å². The lowest BCUT2D eigenvalue weighted by molar-refractivity contribution is -0.138. The molecule has 1 unspecified atom stereocenters. The second-order valence-electron chi connectivity index (χ2n) is 15.4. The summed E-state index contributed by atoms with van der Waals surface area (Å²) in [6, 6.07) is 15.0. The van der Waals surface area contributed by atoms with Crippen molar-refractivity contribution >= 4 is 40.7 Å². The van der Waals surface area contributed by atoms with E-state index < -0.39 is 47.1 Å². The molecule has 13 nitrogen and oxygen atoms in total. The number of imide groups is 2. The zero-order chi connectivity index (χ0) is 39.8. The molecular weight excluding hydrogens is 741 g/mol. The summed E-state index contributed by atoms with van der Waals surface area (Å²) >= 11 is 0. The Balaban J connectivity index is 0.767.